The molecule has 2 heteroatoms. The molecular formula is C49H35NS. The van der Waals surface area contributed by atoms with E-state index in [-0.39, 0.29) is 5.41 Å². The molecule has 0 unspecified atom stereocenters. The van der Waals surface area contributed by atoms with Gasteiger partial charge in [-0.3, -0.25) is 0 Å². The van der Waals surface area contributed by atoms with Crippen LogP contribution >= 0.6 is 11.3 Å². The molecule has 0 aliphatic heterocycles. The lowest BCUT2D eigenvalue weighted by atomic mass is 9.82. The first-order valence-electron chi connectivity index (χ1n) is 17.7. The Labute approximate surface area is 302 Å². The van der Waals surface area contributed by atoms with Crippen molar-refractivity contribution in [2.24, 2.45) is 0 Å². The van der Waals surface area contributed by atoms with Gasteiger partial charge >= 0.3 is 0 Å². The Hall–Kier alpha value is -5.96. The largest absolute Gasteiger partial charge is 0.309 e. The summed E-state index contributed by atoms with van der Waals surface area (Å²) in [5.74, 6) is 0. The number of hydrogen-bond acceptors (Lipinski definition) is 2. The molecule has 1 aliphatic rings. The molecule has 1 heterocycles. The second kappa shape index (κ2) is 11.6. The summed E-state index contributed by atoms with van der Waals surface area (Å²) in [6.07, 6.45) is 0. The van der Waals surface area contributed by atoms with Gasteiger partial charge in [0, 0.05) is 32.3 Å². The Morgan fingerprint density at radius 2 is 1.10 bits per heavy atom. The first kappa shape index (κ1) is 29.9. The van der Waals surface area contributed by atoms with E-state index in [0.717, 1.165) is 11.4 Å². The lowest BCUT2D eigenvalue weighted by Gasteiger charge is -2.29. The van der Waals surface area contributed by atoms with Gasteiger partial charge in [0.05, 0.1) is 10.4 Å². The molecule has 1 nitrogen and oxygen atoms in total. The van der Waals surface area contributed by atoms with Crippen molar-refractivity contribution in [1.29, 1.82) is 0 Å². The molecular weight excluding hydrogens is 635 g/mol. The van der Waals surface area contributed by atoms with Crippen molar-refractivity contribution in [3.05, 3.63) is 187 Å². The number of benzene rings is 8. The van der Waals surface area contributed by atoms with Crippen molar-refractivity contribution in [3.8, 4) is 33.4 Å². The first-order chi connectivity index (χ1) is 25.0. The summed E-state index contributed by atoms with van der Waals surface area (Å²) in [4.78, 5) is 2.49. The highest BCUT2D eigenvalue weighted by Crippen LogP contribution is 2.52. The molecule has 0 radical (unpaired) electrons. The van der Waals surface area contributed by atoms with E-state index in [1.54, 1.807) is 0 Å². The van der Waals surface area contributed by atoms with E-state index in [4.69, 9.17) is 0 Å². The Kier molecular flexibility index (Phi) is 6.78. The van der Waals surface area contributed by atoms with Crippen LogP contribution in [0.2, 0.25) is 0 Å². The molecule has 0 amide bonds. The molecule has 51 heavy (non-hydrogen) atoms. The van der Waals surface area contributed by atoms with Crippen molar-refractivity contribution < 1.29 is 0 Å². The maximum Gasteiger partial charge on any atom is 0.0646 e. The summed E-state index contributed by atoms with van der Waals surface area (Å²) in [6, 6.07) is 64.9. The van der Waals surface area contributed by atoms with Crippen LogP contribution in [-0.4, -0.2) is 0 Å². The standard InChI is InChI=1S/C49H35NS/c1-49(2)44-18-10-8-16-40(44)41-27-26-39(31-45(41)49)50(38-24-22-34(23-25-38)36-21-20-33-14-6-7-15-35(33)28-36)46-30-37(32-12-4-3-5-13-32)29-43-42-17-9-11-19-47(42)51-48(43)46/h3-31H,1-2H3. The number of fused-ring (bicyclic) bond motifs is 7. The van der Waals surface area contributed by atoms with E-state index in [1.807, 2.05) is 11.3 Å². The summed E-state index contributed by atoms with van der Waals surface area (Å²) < 4.78 is 2.59. The summed E-state index contributed by atoms with van der Waals surface area (Å²) in [5.41, 5.74) is 13.7. The van der Waals surface area contributed by atoms with Crippen LogP contribution in [0.5, 0.6) is 0 Å². The molecule has 0 saturated carbocycles. The van der Waals surface area contributed by atoms with E-state index < -0.39 is 0 Å². The number of hydrogen-bond donors (Lipinski definition) is 0. The molecule has 0 atom stereocenters. The number of rotatable bonds is 5. The second-order valence-electron chi connectivity index (χ2n) is 14.2. The summed E-state index contributed by atoms with van der Waals surface area (Å²) >= 11 is 1.88. The Balaban J connectivity index is 1.21. The fourth-order valence-corrected chi connectivity index (χ4v) is 9.39. The minimum Gasteiger partial charge on any atom is -0.309 e. The predicted octanol–water partition coefficient (Wildman–Crippen LogP) is 14.3. The number of thiophene rings is 1. The van der Waals surface area contributed by atoms with Crippen LogP contribution in [0, 0.1) is 0 Å². The quantitative estimate of drug-likeness (QED) is 0.176. The monoisotopic (exact) mass is 669 g/mol. The van der Waals surface area contributed by atoms with Crippen molar-refractivity contribution in [3.63, 3.8) is 0 Å². The van der Waals surface area contributed by atoms with Crippen molar-refractivity contribution in [1.82, 2.24) is 0 Å². The van der Waals surface area contributed by atoms with Crippen LogP contribution in [0.4, 0.5) is 17.1 Å². The van der Waals surface area contributed by atoms with Crippen LogP contribution in [0.3, 0.4) is 0 Å². The van der Waals surface area contributed by atoms with E-state index in [2.05, 4.69) is 195 Å². The molecule has 1 aliphatic carbocycles. The van der Waals surface area contributed by atoms with Gasteiger partial charge in [0.25, 0.3) is 0 Å². The van der Waals surface area contributed by atoms with Crippen molar-refractivity contribution >= 4 is 59.3 Å². The lowest BCUT2D eigenvalue weighted by Crippen LogP contribution is -2.16. The molecule has 1 aromatic heterocycles. The molecule has 10 rings (SSSR count). The molecule has 0 N–H and O–H groups in total. The van der Waals surface area contributed by atoms with Gasteiger partial charge in [-0.1, -0.05) is 141 Å². The average molecular weight is 670 g/mol. The summed E-state index contributed by atoms with van der Waals surface area (Å²) in [7, 11) is 0. The van der Waals surface area contributed by atoms with E-state index in [1.165, 1.54) is 81.1 Å². The number of nitrogens with zero attached hydrogens (tertiary/aromatic N) is 1. The van der Waals surface area contributed by atoms with Crippen LogP contribution in [-0.2, 0) is 5.41 Å². The SMILES string of the molecule is CC1(C)c2ccccc2-c2ccc(N(c3ccc(-c4ccc5ccccc5c4)cc3)c3cc(-c4ccccc4)cc4c3sc3ccccc34)cc21. The minimum absolute atomic E-state index is 0.105. The Morgan fingerprint density at radius 3 is 1.96 bits per heavy atom. The van der Waals surface area contributed by atoms with Gasteiger partial charge in [-0.25, -0.2) is 0 Å². The van der Waals surface area contributed by atoms with Gasteiger partial charge in [-0.15, -0.1) is 11.3 Å². The second-order valence-corrected chi connectivity index (χ2v) is 15.2. The molecule has 0 fully saturated rings. The molecule has 0 saturated heterocycles. The van der Waals surface area contributed by atoms with Crippen LogP contribution < -0.4 is 4.90 Å². The summed E-state index contributed by atoms with van der Waals surface area (Å²) in [5, 5.41) is 5.11. The van der Waals surface area contributed by atoms with E-state index >= 15 is 0 Å². The fraction of sp³-hybridized carbons (Fsp3) is 0.0612. The van der Waals surface area contributed by atoms with Crippen LogP contribution in [0.25, 0.3) is 64.3 Å². The zero-order valence-electron chi connectivity index (χ0n) is 28.6. The van der Waals surface area contributed by atoms with E-state index in [0.29, 0.717) is 0 Å². The third kappa shape index (κ3) is 4.82. The Bertz CT molecular complexity index is 2770. The van der Waals surface area contributed by atoms with Gasteiger partial charge in [0.15, 0.2) is 0 Å². The van der Waals surface area contributed by atoms with Gasteiger partial charge in [0.2, 0.25) is 0 Å². The zero-order chi connectivity index (χ0) is 34.1. The smallest absolute Gasteiger partial charge is 0.0646 e. The predicted molar refractivity (Wildman–Crippen MR) is 220 cm³/mol. The first-order valence-corrected chi connectivity index (χ1v) is 18.5. The molecule has 0 spiro atoms. The van der Waals surface area contributed by atoms with Gasteiger partial charge in [-0.2, -0.15) is 0 Å². The van der Waals surface area contributed by atoms with Gasteiger partial charge in [0.1, 0.15) is 0 Å². The molecule has 8 aromatic carbocycles. The number of anilines is 3. The topological polar surface area (TPSA) is 3.24 Å². The highest BCUT2D eigenvalue weighted by molar-refractivity contribution is 7.26. The highest BCUT2D eigenvalue weighted by atomic mass is 32.1. The maximum atomic E-state index is 2.49. The molecule has 0 bridgehead atoms. The van der Waals surface area contributed by atoms with Gasteiger partial charge < -0.3 is 4.90 Å². The Morgan fingerprint density at radius 1 is 0.431 bits per heavy atom. The minimum atomic E-state index is -0.105. The molecule has 9 aromatic rings. The highest BCUT2D eigenvalue weighted by Gasteiger charge is 2.36. The molecule has 242 valence electrons. The lowest BCUT2D eigenvalue weighted by molar-refractivity contribution is 0.660. The van der Waals surface area contributed by atoms with Crippen molar-refractivity contribution in [2.75, 3.05) is 4.90 Å². The third-order valence-electron chi connectivity index (χ3n) is 10.8. The maximum absolute atomic E-state index is 2.49. The van der Waals surface area contributed by atoms with Crippen molar-refractivity contribution in [2.45, 2.75) is 19.3 Å². The average Bonchev–Trinajstić information content (AvgIpc) is 3.67. The van der Waals surface area contributed by atoms with E-state index in [9.17, 15) is 0 Å². The van der Waals surface area contributed by atoms with Crippen LogP contribution in [0.15, 0.2) is 176 Å². The third-order valence-corrected chi connectivity index (χ3v) is 12.0. The fourth-order valence-electron chi connectivity index (χ4n) is 8.20. The normalized spacial score (nSPS) is 13.1. The zero-order valence-corrected chi connectivity index (χ0v) is 29.4. The summed E-state index contributed by atoms with van der Waals surface area (Å²) in [6.45, 7) is 4.73. The van der Waals surface area contributed by atoms with Crippen LogP contribution in [0.1, 0.15) is 25.0 Å². The van der Waals surface area contributed by atoms with Gasteiger partial charge in [-0.05, 0) is 104 Å².